The second-order valence-electron chi connectivity index (χ2n) is 4.77. The van der Waals surface area contributed by atoms with Gasteiger partial charge in [-0.15, -0.1) is 13.2 Å². The van der Waals surface area contributed by atoms with E-state index in [4.69, 9.17) is 4.84 Å². The Kier molecular flexibility index (Phi) is 4.87. The lowest BCUT2D eigenvalue weighted by molar-refractivity contribution is -0.274. The van der Waals surface area contributed by atoms with E-state index in [1.165, 1.54) is 31.0 Å². The SMILES string of the molecule is FC(F)(F)Oc1cccc(CON=CC2CCCC2)c1. The maximum Gasteiger partial charge on any atom is 0.573 e. The molecular formula is C14H16F3NO2. The summed E-state index contributed by atoms with van der Waals surface area (Å²) in [5.41, 5.74) is 0.579. The molecule has 2 rings (SSSR count). The minimum absolute atomic E-state index is 0.123. The second kappa shape index (κ2) is 6.63. The van der Waals surface area contributed by atoms with E-state index >= 15 is 0 Å². The van der Waals surface area contributed by atoms with Gasteiger partial charge in [-0.1, -0.05) is 30.1 Å². The second-order valence-corrected chi connectivity index (χ2v) is 4.77. The van der Waals surface area contributed by atoms with Crippen molar-refractivity contribution in [3.63, 3.8) is 0 Å². The number of ether oxygens (including phenoxy) is 1. The molecule has 0 radical (unpaired) electrons. The fourth-order valence-corrected chi connectivity index (χ4v) is 2.18. The maximum absolute atomic E-state index is 12.1. The summed E-state index contributed by atoms with van der Waals surface area (Å²) >= 11 is 0. The lowest BCUT2D eigenvalue weighted by atomic mass is 10.1. The average Bonchev–Trinajstić information content (AvgIpc) is 2.86. The molecule has 20 heavy (non-hydrogen) atoms. The third-order valence-electron chi connectivity index (χ3n) is 3.11. The first-order chi connectivity index (χ1) is 9.53. The van der Waals surface area contributed by atoms with Crippen LogP contribution >= 0.6 is 0 Å². The number of benzene rings is 1. The van der Waals surface area contributed by atoms with Crippen LogP contribution in [0.3, 0.4) is 0 Å². The summed E-state index contributed by atoms with van der Waals surface area (Å²) in [7, 11) is 0. The van der Waals surface area contributed by atoms with Gasteiger partial charge in [0.2, 0.25) is 0 Å². The Morgan fingerprint density at radius 1 is 1.25 bits per heavy atom. The van der Waals surface area contributed by atoms with Crippen LogP contribution in [0, 0.1) is 5.92 Å². The van der Waals surface area contributed by atoms with Crippen molar-refractivity contribution in [1.29, 1.82) is 0 Å². The van der Waals surface area contributed by atoms with Gasteiger partial charge in [0.1, 0.15) is 12.4 Å². The molecule has 1 aromatic carbocycles. The molecule has 6 heteroatoms. The fourth-order valence-electron chi connectivity index (χ4n) is 2.18. The van der Waals surface area contributed by atoms with E-state index in [2.05, 4.69) is 9.89 Å². The summed E-state index contributed by atoms with van der Waals surface area (Å²) in [5.74, 6) is 0.216. The molecule has 1 fully saturated rings. The van der Waals surface area contributed by atoms with E-state index in [0.717, 1.165) is 12.8 Å². The van der Waals surface area contributed by atoms with E-state index in [9.17, 15) is 13.2 Å². The van der Waals surface area contributed by atoms with Gasteiger partial charge in [-0.05, 0) is 36.5 Å². The highest BCUT2D eigenvalue weighted by Gasteiger charge is 2.31. The maximum atomic E-state index is 12.1. The first-order valence-electron chi connectivity index (χ1n) is 6.53. The summed E-state index contributed by atoms with van der Waals surface area (Å²) in [6, 6.07) is 5.69. The predicted octanol–water partition coefficient (Wildman–Crippen LogP) is 4.28. The molecule has 1 aliphatic carbocycles. The van der Waals surface area contributed by atoms with Crippen molar-refractivity contribution in [1.82, 2.24) is 0 Å². The summed E-state index contributed by atoms with van der Waals surface area (Å²) < 4.78 is 40.1. The largest absolute Gasteiger partial charge is 0.573 e. The molecule has 0 heterocycles. The zero-order valence-corrected chi connectivity index (χ0v) is 10.9. The molecule has 0 unspecified atom stereocenters. The van der Waals surface area contributed by atoms with Gasteiger partial charge in [-0.3, -0.25) is 0 Å². The van der Waals surface area contributed by atoms with Gasteiger partial charge in [0.15, 0.2) is 0 Å². The van der Waals surface area contributed by atoms with Crippen LogP contribution in [-0.2, 0) is 11.4 Å². The zero-order chi connectivity index (χ0) is 14.4. The van der Waals surface area contributed by atoms with Gasteiger partial charge in [-0.25, -0.2) is 0 Å². The third kappa shape index (κ3) is 5.11. The fraction of sp³-hybridized carbons (Fsp3) is 0.500. The molecule has 0 amide bonds. The Hall–Kier alpha value is -1.72. The molecule has 0 bridgehead atoms. The number of alkyl halides is 3. The molecule has 110 valence electrons. The number of nitrogens with zero attached hydrogens (tertiary/aromatic N) is 1. The molecule has 1 saturated carbocycles. The van der Waals surface area contributed by atoms with Gasteiger partial charge in [-0.2, -0.15) is 0 Å². The van der Waals surface area contributed by atoms with Crippen LogP contribution in [0.4, 0.5) is 13.2 Å². The summed E-state index contributed by atoms with van der Waals surface area (Å²) in [4.78, 5) is 5.10. The van der Waals surface area contributed by atoms with Crippen molar-refractivity contribution in [3.05, 3.63) is 29.8 Å². The smallest absolute Gasteiger partial charge is 0.406 e. The summed E-state index contributed by atoms with van der Waals surface area (Å²) in [6.45, 7) is 0.123. The number of rotatable bonds is 5. The van der Waals surface area contributed by atoms with E-state index in [-0.39, 0.29) is 12.4 Å². The van der Waals surface area contributed by atoms with E-state index in [0.29, 0.717) is 11.5 Å². The summed E-state index contributed by atoms with van der Waals surface area (Å²) in [5, 5.41) is 3.86. The van der Waals surface area contributed by atoms with E-state index in [1.807, 2.05) is 0 Å². The number of oxime groups is 1. The number of halogens is 3. The van der Waals surface area contributed by atoms with Gasteiger partial charge in [0.05, 0.1) is 0 Å². The normalized spacial score (nSPS) is 16.8. The van der Waals surface area contributed by atoms with Crippen LogP contribution in [0.1, 0.15) is 31.2 Å². The first-order valence-corrected chi connectivity index (χ1v) is 6.53. The van der Waals surface area contributed by atoms with Gasteiger partial charge in [0, 0.05) is 6.21 Å². The molecule has 0 spiro atoms. The predicted molar refractivity (Wildman–Crippen MR) is 68.4 cm³/mol. The molecule has 0 N–H and O–H groups in total. The van der Waals surface area contributed by atoms with Gasteiger partial charge < -0.3 is 9.57 Å². The Labute approximate surface area is 115 Å². The molecule has 0 aromatic heterocycles. The first kappa shape index (κ1) is 14.7. The van der Waals surface area contributed by atoms with Crippen molar-refractivity contribution in [3.8, 4) is 5.75 Å². The van der Waals surface area contributed by atoms with Crippen molar-refractivity contribution in [2.75, 3.05) is 0 Å². The lowest BCUT2D eigenvalue weighted by Crippen LogP contribution is -2.17. The van der Waals surface area contributed by atoms with Crippen molar-refractivity contribution in [2.45, 2.75) is 38.7 Å². The molecule has 0 atom stereocenters. The highest BCUT2D eigenvalue weighted by atomic mass is 19.4. The Morgan fingerprint density at radius 2 is 2.00 bits per heavy atom. The molecule has 1 aliphatic rings. The standard InChI is InChI=1S/C14H16F3NO2/c15-14(16,17)20-13-7-3-6-12(8-13)10-19-18-9-11-4-1-2-5-11/h3,6-9,11H,1-2,4-5,10H2. The van der Waals surface area contributed by atoms with Crippen molar-refractivity contribution in [2.24, 2.45) is 11.1 Å². The number of hydrogen-bond donors (Lipinski definition) is 0. The highest BCUT2D eigenvalue weighted by molar-refractivity contribution is 5.60. The van der Waals surface area contributed by atoms with Crippen LogP contribution in [0.2, 0.25) is 0 Å². The van der Waals surface area contributed by atoms with Crippen LogP contribution < -0.4 is 4.74 Å². The Morgan fingerprint density at radius 3 is 2.70 bits per heavy atom. The van der Waals surface area contributed by atoms with Crippen molar-refractivity contribution >= 4 is 6.21 Å². The minimum atomic E-state index is -4.68. The minimum Gasteiger partial charge on any atom is -0.406 e. The van der Waals surface area contributed by atoms with Gasteiger partial charge >= 0.3 is 6.36 Å². The van der Waals surface area contributed by atoms with Crippen molar-refractivity contribution < 1.29 is 22.7 Å². The number of hydrogen-bond acceptors (Lipinski definition) is 3. The zero-order valence-electron chi connectivity index (χ0n) is 10.9. The molecule has 0 saturated heterocycles. The topological polar surface area (TPSA) is 30.8 Å². The lowest BCUT2D eigenvalue weighted by Gasteiger charge is -2.09. The highest BCUT2D eigenvalue weighted by Crippen LogP contribution is 2.24. The third-order valence-corrected chi connectivity index (χ3v) is 3.11. The van der Waals surface area contributed by atoms with Crippen LogP contribution in [-0.4, -0.2) is 12.6 Å². The van der Waals surface area contributed by atoms with Gasteiger partial charge in [0.25, 0.3) is 0 Å². The quantitative estimate of drug-likeness (QED) is 0.598. The van der Waals surface area contributed by atoms with Crippen LogP contribution in [0.25, 0.3) is 0 Å². The molecule has 3 nitrogen and oxygen atoms in total. The summed E-state index contributed by atoms with van der Waals surface area (Å²) in [6.07, 6.45) is 1.79. The Bertz CT molecular complexity index is 454. The molecular weight excluding hydrogens is 271 g/mol. The average molecular weight is 287 g/mol. The van der Waals surface area contributed by atoms with Crippen LogP contribution in [0.5, 0.6) is 5.75 Å². The van der Waals surface area contributed by atoms with E-state index < -0.39 is 6.36 Å². The monoisotopic (exact) mass is 287 g/mol. The Balaban J connectivity index is 1.81. The molecule has 1 aromatic rings. The molecule has 0 aliphatic heterocycles. The van der Waals surface area contributed by atoms with E-state index in [1.54, 1.807) is 12.3 Å². The van der Waals surface area contributed by atoms with Crippen LogP contribution in [0.15, 0.2) is 29.4 Å².